The zero-order chi connectivity index (χ0) is 13.4. The maximum Gasteiger partial charge on any atom is 0.339 e. The molecular weight excluding hydrogens is 220 g/mol. The van der Waals surface area contributed by atoms with Gasteiger partial charge in [0.25, 0.3) is 0 Å². The van der Waals surface area contributed by atoms with Crippen LogP contribution in [0.5, 0.6) is 0 Å². The van der Waals surface area contributed by atoms with Crippen LogP contribution in [0.4, 0.5) is 0 Å². The lowest BCUT2D eigenvalue weighted by Gasteiger charge is -1.98. The summed E-state index contributed by atoms with van der Waals surface area (Å²) in [6.45, 7) is 5.59. The third kappa shape index (κ3) is 5.75. The standard InChI is InChI=1S/C9H13NO2.C3H7NO/c1-4-12-9(11)8-6-10(3)5-7(8)2;1-3(5)4-2/h5-6H,4H2,1-3H3;1-2H3,(H,4,5). The first-order valence-electron chi connectivity index (χ1n) is 5.40. The predicted molar refractivity (Wildman–Crippen MR) is 65.8 cm³/mol. The minimum absolute atomic E-state index is 0.00463. The van der Waals surface area contributed by atoms with Crippen molar-refractivity contribution in [3.05, 3.63) is 23.5 Å². The Balaban J connectivity index is 0.000000437. The zero-order valence-electron chi connectivity index (χ0n) is 11.0. The number of esters is 1. The van der Waals surface area contributed by atoms with E-state index in [-0.39, 0.29) is 11.9 Å². The van der Waals surface area contributed by atoms with Gasteiger partial charge in [-0.2, -0.15) is 0 Å². The summed E-state index contributed by atoms with van der Waals surface area (Å²) in [4.78, 5) is 20.9. The molecule has 5 nitrogen and oxygen atoms in total. The van der Waals surface area contributed by atoms with Crippen molar-refractivity contribution in [3.8, 4) is 0 Å². The van der Waals surface area contributed by atoms with Crippen LogP contribution in [0.2, 0.25) is 0 Å². The van der Waals surface area contributed by atoms with Gasteiger partial charge in [-0.15, -0.1) is 0 Å². The Bertz CT molecular complexity index is 383. The molecule has 0 atom stereocenters. The summed E-state index contributed by atoms with van der Waals surface area (Å²) in [5, 5.41) is 2.39. The Hall–Kier alpha value is -1.78. The van der Waals surface area contributed by atoms with Crippen LogP contribution in [-0.2, 0) is 16.6 Å². The molecule has 0 spiro atoms. The molecule has 0 saturated heterocycles. The van der Waals surface area contributed by atoms with Crippen molar-refractivity contribution >= 4 is 11.9 Å². The third-order valence-electron chi connectivity index (χ3n) is 2.00. The molecule has 5 heteroatoms. The first kappa shape index (κ1) is 15.2. The van der Waals surface area contributed by atoms with Crippen LogP contribution >= 0.6 is 0 Å². The van der Waals surface area contributed by atoms with E-state index < -0.39 is 0 Å². The highest BCUT2D eigenvalue weighted by Crippen LogP contribution is 2.09. The summed E-state index contributed by atoms with van der Waals surface area (Å²) in [6, 6.07) is 0. The molecule has 1 heterocycles. The minimum Gasteiger partial charge on any atom is -0.462 e. The van der Waals surface area contributed by atoms with Crippen LogP contribution in [0.3, 0.4) is 0 Å². The average Bonchev–Trinajstić information content (AvgIpc) is 2.59. The van der Waals surface area contributed by atoms with E-state index in [2.05, 4.69) is 5.32 Å². The number of carbonyl (C=O) groups is 2. The molecule has 17 heavy (non-hydrogen) atoms. The molecule has 0 unspecified atom stereocenters. The van der Waals surface area contributed by atoms with Crippen LogP contribution in [0.1, 0.15) is 29.8 Å². The first-order valence-corrected chi connectivity index (χ1v) is 5.40. The fourth-order valence-electron chi connectivity index (χ4n) is 1.14. The van der Waals surface area contributed by atoms with Gasteiger partial charge in [0.05, 0.1) is 12.2 Å². The summed E-state index contributed by atoms with van der Waals surface area (Å²) in [6.07, 6.45) is 3.67. The van der Waals surface area contributed by atoms with Crippen LogP contribution < -0.4 is 5.32 Å². The second-order valence-electron chi connectivity index (χ2n) is 3.55. The van der Waals surface area contributed by atoms with E-state index in [0.29, 0.717) is 12.2 Å². The van der Waals surface area contributed by atoms with E-state index in [9.17, 15) is 9.59 Å². The molecular formula is C12H20N2O3. The molecule has 96 valence electrons. The van der Waals surface area contributed by atoms with Crippen molar-refractivity contribution in [3.63, 3.8) is 0 Å². The number of hydrogen-bond acceptors (Lipinski definition) is 3. The summed E-state index contributed by atoms with van der Waals surface area (Å²) < 4.78 is 6.72. The smallest absolute Gasteiger partial charge is 0.339 e. The van der Waals surface area contributed by atoms with Crippen LogP contribution in [-0.4, -0.2) is 30.1 Å². The topological polar surface area (TPSA) is 60.3 Å². The number of nitrogens with zero attached hydrogens (tertiary/aromatic N) is 1. The molecule has 0 aliphatic carbocycles. The highest BCUT2D eigenvalue weighted by molar-refractivity contribution is 5.90. The van der Waals surface area contributed by atoms with E-state index >= 15 is 0 Å². The number of hydrogen-bond donors (Lipinski definition) is 1. The maximum atomic E-state index is 11.2. The van der Waals surface area contributed by atoms with Gasteiger partial charge in [-0.1, -0.05) is 0 Å². The zero-order valence-corrected chi connectivity index (χ0v) is 11.0. The van der Waals surface area contributed by atoms with E-state index in [4.69, 9.17) is 4.74 Å². The number of aryl methyl sites for hydroxylation is 2. The molecule has 0 fully saturated rings. The first-order chi connectivity index (χ1) is 7.92. The van der Waals surface area contributed by atoms with E-state index in [1.165, 1.54) is 6.92 Å². The molecule has 0 bridgehead atoms. The van der Waals surface area contributed by atoms with Gasteiger partial charge < -0.3 is 14.6 Å². The number of carbonyl (C=O) groups excluding carboxylic acids is 2. The Labute approximate surface area is 102 Å². The Morgan fingerprint density at radius 1 is 1.41 bits per heavy atom. The van der Waals surface area contributed by atoms with E-state index in [1.807, 2.05) is 24.7 Å². The molecule has 1 rings (SSSR count). The monoisotopic (exact) mass is 240 g/mol. The largest absolute Gasteiger partial charge is 0.462 e. The summed E-state index contributed by atoms with van der Waals surface area (Å²) in [7, 11) is 3.48. The van der Waals surface area contributed by atoms with Crippen molar-refractivity contribution in [2.75, 3.05) is 13.7 Å². The highest BCUT2D eigenvalue weighted by atomic mass is 16.5. The summed E-state index contributed by atoms with van der Waals surface area (Å²) in [5.74, 6) is -0.236. The maximum absolute atomic E-state index is 11.2. The quantitative estimate of drug-likeness (QED) is 0.792. The van der Waals surface area contributed by atoms with Crippen LogP contribution in [0.15, 0.2) is 12.4 Å². The molecule has 0 aliphatic rings. The fraction of sp³-hybridized carbons (Fsp3) is 0.500. The van der Waals surface area contributed by atoms with Crippen LogP contribution in [0.25, 0.3) is 0 Å². The van der Waals surface area contributed by atoms with Gasteiger partial charge in [-0.3, -0.25) is 4.79 Å². The van der Waals surface area contributed by atoms with E-state index in [0.717, 1.165) is 5.56 Å². The second kappa shape index (κ2) is 7.49. The normalized spacial score (nSPS) is 9.00. The lowest BCUT2D eigenvalue weighted by atomic mass is 10.2. The molecule has 1 aromatic rings. The lowest BCUT2D eigenvalue weighted by Crippen LogP contribution is -2.11. The Morgan fingerprint density at radius 3 is 2.24 bits per heavy atom. The molecule has 1 N–H and O–H groups in total. The molecule has 1 amide bonds. The number of amides is 1. The van der Waals surface area contributed by atoms with Gasteiger partial charge in [-0.25, -0.2) is 4.79 Å². The van der Waals surface area contributed by atoms with Gasteiger partial charge >= 0.3 is 5.97 Å². The SMILES string of the molecule is CCOC(=O)c1cn(C)cc1C.CNC(C)=O. The van der Waals surface area contributed by atoms with Gasteiger partial charge in [0.15, 0.2) is 0 Å². The van der Waals surface area contributed by atoms with E-state index in [1.54, 1.807) is 20.2 Å². The van der Waals surface area contributed by atoms with Crippen LogP contribution in [0, 0.1) is 6.92 Å². The molecule has 0 saturated carbocycles. The van der Waals surface area contributed by atoms with Crippen molar-refractivity contribution in [2.45, 2.75) is 20.8 Å². The highest BCUT2D eigenvalue weighted by Gasteiger charge is 2.10. The fourth-order valence-corrected chi connectivity index (χ4v) is 1.14. The van der Waals surface area contributed by atoms with Crippen molar-refractivity contribution in [1.82, 2.24) is 9.88 Å². The summed E-state index contributed by atoms with van der Waals surface area (Å²) in [5.41, 5.74) is 1.61. The third-order valence-corrected chi connectivity index (χ3v) is 2.00. The van der Waals surface area contributed by atoms with Crippen molar-refractivity contribution in [2.24, 2.45) is 7.05 Å². The average molecular weight is 240 g/mol. The molecule has 0 aliphatic heterocycles. The predicted octanol–water partition coefficient (Wildman–Crippen LogP) is 1.26. The number of ether oxygens (including phenoxy) is 1. The number of nitrogens with one attached hydrogen (secondary N) is 1. The lowest BCUT2D eigenvalue weighted by molar-refractivity contribution is -0.118. The Kier molecular flexibility index (Phi) is 6.70. The van der Waals surface area contributed by atoms with Crippen molar-refractivity contribution < 1.29 is 14.3 Å². The van der Waals surface area contributed by atoms with Crippen molar-refractivity contribution in [1.29, 1.82) is 0 Å². The molecule has 0 radical (unpaired) electrons. The second-order valence-corrected chi connectivity index (χ2v) is 3.55. The minimum atomic E-state index is -0.240. The number of rotatable bonds is 2. The molecule has 0 aromatic carbocycles. The van der Waals surface area contributed by atoms with Gasteiger partial charge in [0, 0.05) is 33.4 Å². The van der Waals surface area contributed by atoms with Gasteiger partial charge in [-0.05, 0) is 19.4 Å². The summed E-state index contributed by atoms with van der Waals surface area (Å²) >= 11 is 0. The van der Waals surface area contributed by atoms with Gasteiger partial charge in [0.2, 0.25) is 5.91 Å². The number of aromatic nitrogens is 1. The Morgan fingerprint density at radius 2 is 1.94 bits per heavy atom. The molecule has 1 aromatic heterocycles. The van der Waals surface area contributed by atoms with Gasteiger partial charge in [0.1, 0.15) is 0 Å².